The lowest BCUT2D eigenvalue weighted by molar-refractivity contribution is -0.124. The molecule has 0 aliphatic rings. The average Bonchev–Trinajstić information content (AvgIpc) is 2.64. The maximum absolute atomic E-state index is 11.7. The third kappa shape index (κ3) is 4.91. The lowest BCUT2D eigenvalue weighted by atomic mass is 10.1. The Labute approximate surface area is 138 Å². The summed E-state index contributed by atoms with van der Waals surface area (Å²) in [4.78, 5) is 38.5. The minimum atomic E-state index is -0.659. The zero-order chi connectivity index (χ0) is 17.4. The van der Waals surface area contributed by atoms with Crippen LogP contribution in [0.1, 0.15) is 26.4 Å². The van der Waals surface area contributed by atoms with E-state index in [4.69, 9.17) is 4.74 Å². The molecule has 0 bridgehead atoms. The first kappa shape index (κ1) is 17.1. The number of hydrogen-bond donors (Lipinski definition) is 1. The van der Waals surface area contributed by atoms with Gasteiger partial charge in [-0.05, 0) is 29.8 Å². The molecule has 0 saturated carbocycles. The fourth-order valence-corrected chi connectivity index (χ4v) is 1.82. The van der Waals surface area contributed by atoms with Gasteiger partial charge in [0.15, 0.2) is 6.61 Å². The molecule has 2 aromatic rings. The Balaban J connectivity index is 1.77. The number of aromatic nitrogens is 1. The molecule has 0 fully saturated rings. The zero-order valence-corrected chi connectivity index (χ0v) is 13.0. The summed E-state index contributed by atoms with van der Waals surface area (Å²) >= 11 is 0. The molecule has 24 heavy (non-hydrogen) atoms. The van der Waals surface area contributed by atoms with Gasteiger partial charge in [0.25, 0.3) is 5.91 Å². The summed E-state index contributed by atoms with van der Waals surface area (Å²) in [6.45, 7) is -0.142. The van der Waals surface area contributed by atoms with Gasteiger partial charge in [-0.25, -0.2) is 14.6 Å². The van der Waals surface area contributed by atoms with Gasteiger partial charge in [-0.15, -0.1) is 0 Å². The lowest BCUT2D eigenvalue weighted by Gasteiger charge is -2.07. The summed E-state index contributed by atoms with van der Waals surface area (Å²) in [6, 6.07) is 11.4. The van der Waals surface area contributed by atoms with Crippen LogP contribution in [0.3, 0.4) is 0 Å². The van der Waals surface area contributed by atoms with E-state index in [-0.39, 0.29) is 12.2 Å². The van der Waals surface area contributed by atoms with Crippen molar-refractivity contribution in [3.63, 3.8) is 0 Å². The van der Waals surface area contributed by atoms with E-state index in [1.165, 1.54) is 19.4 Å². The molecule has 7 heteroatoms. The summed E-state index contributed by atoms with van der Waals surface area (Å²) in [6.07, 6.45) is 1.47. The Morgan fingerprint density at radius 3 is 2.42 bits per heavy atom. The van der Waals surface area contributed by atoms with Gasteiger partial charge in [-0.1, -0.05) is 18.2 Å². The molecule has 7 nitrogen and oxygen atoms in total. The van der Waals surface area contributed by atoms with Gasteiger partial charge in [0, 0.05) is 12.7 Å². The first-order valence-corrected chi connectivity index (χ1v) is 7.12. The minimum Gasteiger partial charge on any atom is -0.465 e. The molecule has 1 amide bonds. The van der Waals surface area contributed by atoms with Crippen LogP contribution in [-0.4, -0.2) is 36.5 Å². The molecule has 0 aliphatic carbocycles. The molecular formula is C17H16N2O5. The van der Waals surface area contributed by atoms with Crippen LogP contribution in [0.15, 0.2) is 48.7 Å². The standard InChI is InChI=1S/C17H16N2O5/c1-23-16(21)13-7-5-12(6-8-13)10-19-15(20)11-24-17(22)14-4-2-3-9-18-14/h2-9H,10-11H2,1H3,(H,19,20). The molecule has 0 aliphatic heterocycles. The Hall–Kier alpha value is -3.22. The quantitative estimate of drug-likeness (QED) is 0.804. The fraction of sp³-hybridized carbons (Fsp3) is 0.176. The highest BCUT2D eigenvalue weighted by molar-refractivity contribution is 5.90. The highest BCUT2D eigenvalue weighted by Crippen LogP contribution is 2.05. The number of benzene rings is 1. The van der Waals surface area contributed by atoms with Crippen molar-refractivity contribution in [3.8, 4) is 0 Å². The minimum absolute atomic E-state index is 0.142. The SMILES string of the molecule is COC(=O)c1ccc(CNC(=O)COC(=O)c2ccccn2)cc1. The van der Waals surface area contributed by atoms with Crippen molar-refractivity contribution in [3.05, 3.63) is 65.5 Å². The van der Waals surface area contributed by atoms with E-state index < -0.39 is 24.5 Å². The van der Waals surface area contributed by atoms with Crippen LogP contribution in [0.2, 0.25) is 0 Å². The molecule has 2 rings (SSSR count). The number of nitrogens with one attached hydrogen (secondary N) is 1. The van der Waals surface area contributed by atoms with Crippen molar-refractivity contribution >= 4 is 17.8 Å². The van der Waals surface area contributed by atoms with E-state index in [1.807, 2.05) is 0 Å². The zero-order valence-electron chi connectivity index (χ0n) is 13.0. The topological polar surface area (TPSA) is 94.6 Å². The largest absolute Gasteiger partial charge is 0.465 e. The van der Waals surface area contributed by atoms with Crippen molar-refractivity contribution in [2.45, 2.75) is 6.54 Å². The Morgan fingerprint density at radius 2 is 1.79 bits per heavy atom. The number of rotatable bonds is 6. The van der Waals surface area contributed by atoms with E-state index in [2.05, 4.69) is 15.0 Å². The first-order valence-electron chi connectivity index (χ1n) is 7.12. The number of hydrogen-bond acceptors (Lipinski definition) is 6. The molecule has 1 heterocycles. The number of carbonyl (C=O) groups is 3. The van der Waals surface area contributed by atoms with Crippen LogP contribution in [0, 0.1) is 0 Å². The van der Waals surface area contributed by atoms with Gasteiger partial charge in [0.2, 0.25) is 0 Å². The Bertz CT molecular complexity index is 714. The monoisotopic (exact) mass is 328 g/mol. The third-order valence-electron chi connectivity index (χ3n) is 3.07. The highest BCUT2D eigenvalue weighted by atomic mass is 16.5. The predicted molar refractivity (Wildman–Crippen MR) is 84.1 cm³/mol. The van der Waals surface area contributed by atoms with E-state index in [0.29, 0.717) is 5.56 Å². The van der Waals surface area contributed by atoms with Crippen LogP contribution in [0.4, 0.5) is 0 Å². The second kappa shape index (κ2) is 8.42. The number of pyridine rings is 1. The number of esters is 2. The van der Waals surface area contributed by atoms with Gasteiger partial charge >= 0.3 is 11.9 Å². The summed E-state index contributed by atoms with van der Waals surface area (Å²) < 4.78 is 9.47. The summed E-state index contributed by atoms with van der Waals surface area (Å²) in [5, 5.41) is 2.62. The molecule has 0 saturated heterocycles. The second-order valence-corrected chi connectivity index (χ2v) is 4.76. The smallest absolute Gasteiger partial charge is 0.357 e. The van der Waals surface area contributed by atoms with Crippen molar-refractivity contribution in [1.82, 2.24) is 10.3 Å². The lowest BCUT2D eigenvalue weighted by Crippen LogP contribution is -2.28. The summed E-state index contributed by atoms with van der Waals surface area (Å²) in [7, 11) is 1.31. The number of methoxy groups -OCH3 is 1. The molecule has 0 unspecified atom stereocenters. The second-order valence-electron chi connectivity index (χ2n) is 4.76. The fourth-order valence-electron chi connectivity index (χ4n) is 1.82. The Morgan fingerprint density at radius 1 is 1.04 bits per heavy atom. The van der Waals surface area contributed by atoms with Crippen LogP contribution in [0.25, 0.3) is 0 Å². The summed E-state index contributed by atoms with van der Waals surface area (Å²) in [5.41, 5.74) is 1.37. The molecule has 0 radical (unpaired) electrons. The molecule has 0 spiro atoms. The molecular weight excluding hydrogens is 312 g/mol. The van der Waals surface area contributed by atoms with Crippen molar-refractivity contribution in [2.75, 3.05) is 13.7 Å². The van der Waals surface area contributed by atoms with Crippen LogP contribution < -0.4 is 5.32 Å². The van der Waals surface area contributed by atoms with E-state index in [1.54, 1.807) is 36.4 Å². The number of carbonyl (C=O) groups excluding carboxylic acids is 3. The van der Waals surface area contributed by atoms with E-state index >= 15 is 0 Å². The van der Waals surface area contributed by atoms with Gasteiger partial charge < -0.3 is 14.8 Å². The van der Waals surface area contributed by atoms with Gasteiger partial charge in [-0.2, -0.15) is 0 Å². The maximum Gasteiger partial charge on any atom is 0.357 e. The maximum atomic E-state index is 11.7. The molecule has 1 aromatic heterocycles. The number of amides is 1. The molecule has 124 valence electrons. The van der Waals surface area contributed by atoms with Crippen molar-refractivity contribution < 1.29 is 23.9 Å². The van der Waals surface area contributed by atoms with E-state index in [0.717, 1.165) is 5.56 Å². The predicted octanol–water partition coefficient (Wildman–Crippen LogP) is 1.34. The Kier molecular flexibility index (Phi) is 6.01. The molecule has 1 N–H and O–H groups in total. The molecule has 0 atom stereocenters. The van der Waals surface area contributed by atoms with Crippen molar-refractivity contribution in [2.24, 2.45) is 0 Å². The first-order chi connectivity index (χ1) is 11.6. The van der Waals surface area contributed by atoms with Gasteiger partial charge in [0.1, 0.15) is 5.69 Å². The van der Waals surface area contributed by atoms with Crippen LogP contribution in [-0.2, 0) is 20.8 Å². The summed E-state index contributed by atoms with van der Waals surface area (Å²) in [5.74, 6) is -1.52. The van der Waals surface area contributed by atoms with Crippen LogP contribution >= 0.6 is 0 Å². The third-order valence-corrected chi connectivity index (χ3v) is 3.07. The molecule has 1 aromatic carbocycles. The number of nitrogens with zero attached hydrogens (tertiary/aromatic N) is 1. The van der Waals surface area contributed by atoms with Gasteiger partial charge in [-0.3, -0.25) is 4.79 Å². The van der Waals surface area contributed by atoms with E-state index in [9.17, 15) is 14.4 Å². The normalized spacial score (nSPS) is 9.88. The highest BCUT2D eigenvalue weighted by Gasteiger charge is 2.11. The van der Waals surface area contributed by atoms with Crippen molar-refractivity contribution in [1.29, 1.82) is 0 Å². The number of ether oxygens (including phenoxy) is 2. The van der Waals surface area contributed by atoms with Gasteiger partial charge in [0.05, 0.1) is 12.7 Å². The average molecular weight is 328 g/mol. The van der Waals surface area contributed by atoms with Crippen LogP contribution in [0.5, 0.6) is 0 Å².